The summed E-state index contributed by atoms with van der Waals surface area (Å²) < 4.78 is 5.29. The van der Waals surface area contributed by atoms with Crippen molar-refractivity contribution < 1.29 is 9.53 Å². The normalized spacial score (nSPS) is 14.2. The van der Waals surface area contributed by atoms with Gasteiger partial charge in [-0.2, -0.15) is 10.5 Å². The molecule has 0 saturated carbocycles. The van der Waals surface area contributed by atoms with Crippen LogP contribution in [0.15, 0.2) is 18.2 Å². The highest BCUT2D eigenvalue weighted by molar-refractivity contribution is 5.92. The van der Waals surface area contributed by atoms with Crippen LogP contribution >= 0.6 is 0 Å². The van der Waals surface area contributed by atoms with E-state index in [4.69, 9.17) is 10.00 Å². The van der Waals surface area contributed by atoms with Crippen molar-refractivity contribution in [2.75, 3.05) is 36.5 Å². The first kappa shape index (κ1) is 13.9. The van der Waals surface area contributed by atoms with Crippen molar-refractivity contribution in [3.8, 4) is 12.1 Å². The zero-order valence-electron chi connectivity index (χ0n) is 10.9. The molecule has 1 fully saturated rings. The van der Waals surface area contributed by atoms with Gasteiger partial charge in [0.05, 0.1) is 30.5 Å². The van der Waals surface area contributed by atoms with Gasteiger partial charge in [-0.25, -0.2) is 0 Å². The number of carbonyl (C=O) groups is 1. The summed E-state index contributed by atoms with van der Waals surface area (Å²) in [4.78, 5) is 13.4. The molecule has 0 aromatic heterocycles. The molecule has 1 amide bonds. The van der Waals surface area contributed by atoms with Crippen molar-refractivity contribution in [1.82, 2.24) is 0 Å². The Morgan fingerprint density at radius 3 is 2.75 bits per heavy atom. The summed E-state index contributed by atoms with van der Waals surface area (Å²) in [5.74, 6) is -0.379. The fourth-order valence-corrected chi connectivity index (χ4v) is 2.06. The molecule has 0 aliphatic carbocycles. The van der Waals surface area contributed by atoms with Gasteiger partial charge in [0.25, 0.3) is 0 Å². The third kappa shape index (κ3) is 3.25. The molecule has 6 heteroatoms. The van der Waals surface area contributed by atoms with Gasteiger partial charge in [-0.05, 0) is 18.2 Å². The van der Waals surface area contributed by atoms with Crippen molar-refractivity contribution >= 4 is 17.3 Å². The van der Waals surface area contributed by atoms with Crippen LogP contribution in [-0.4, -0.2) is 32.2 Å². The van der Waals surface area contributed by atoms with Gasteiger partial charge in [0.1, 0.15) is 12.5 Å². The highest BCUT2D eigenvalue weighted by Crippen LogP contribution is 2.24. The summed E-state index contributed by atoms with van der Waals surface area (Å²) in [6, 6.07) is 9.09. The second kappa shape index (κ2) is 6.55. The fourth-order valence-electron chi connectivity index (χ4n) is 2.06. The van der Waals surface area contributed by atoms with Gasteiger partial charge in [0, 0.05) is 18.8 Å². The summed E-state index contributed by atoms with van der Waals surface area (Å²) in [5, 5.41) is 20.3. The minimum Gasteiger partial charge on any atom is -0.378 e. The molecule has 1 aromatic carbocycles. The number of anilines is 2. The molecule has 0 radical (unpaired) electrons. The molecule has 6 nitrogen and oxygen atoms in total. The third-order valence-corrected chi connectivity index (χ3v) is 2.99. The number of hydrogen-bond donors (Lipinski definition) is 1. The van der Waals surface area contributed by atoms with Crippen LogP contribution in [0.5, 0.6) is 0 Å². The quantitative estimate of drug-likeness (QED) is 0.892. The predicted molar refractivity (Wildman–Crippen MR) is 73.0 cm³/mol. The predicted octanol–water partition coefficient (Wildman–Crippen LogP) is 1.25. The minimum atomic E-state index is -0.379. The van der Waals surface area contributed by atoms with Crippen molar-refractivity contribution in [1.29, 1.82) is 10.5 Å². The summed E-state index contributed by atoms with van der Waals surface area (Å²) >= 11 is 0. The highest BCUT2D eigenvalue weighted by Gasteiger charge is 2.15. The molecule has 0 spiro atoms. The lowest BCUT2D eigenvalue weighted by Gasteiger charge is -2.29. The van der Waals surface area contributed by atoms with Crippen LogP contribution in [0.25, 0.3) is 0 Å². The number of rotatable bonds is 3. The zero-order valence-corrected chi connectivity index (χ0v) is 10.9. The Balaban J connectivity index is 2.18. The fraction of sp³-hybridized carbons (Fsp3) is 0.357. The maximum absolute atomic E-state index is 11.4. The number of amides is 1. The van der Waals surface area contributed by atoms with E-state index >= 15 is 0 Å². The molecular weight excluding hydrogens is 256 g/mol. The number of nitriles is 2. The summed E-state index contributed by atoms with van der Waals surface area (Å²) in [6.07, 6.45) is -0.201. The molecule has 1 saturated heterocycles. The van der Waals surface area contributed by atoms with Crippen LogP contribution in [0.1, 0.15) is 12.0 Å². The maximum Gasteiger partial charge on any atom is 0.238 e. The van der Waals surface area contributed by atoms with Crippen molar-refractivity contribution in [3.63, 3.8) is 0 Å². The first-order chi connectivity index (χ1) is 9.74. The second-order valence-corrected chi connectivity index (χ2v) is 4.33. The second-order valence-electron chi connectivity index (χ2n) is 4.33. The molecule has 102 valence electrons. The average Bonchev–Trinajstić information content (AvgIpc) is 2.48. The van der Waals surface area contributed by atoms with E-state index in [0.717, 1.165) is 18.8 Å². The lowest BCUT2D eigenvalue weighted by atomic mass is 10.1. The molecule has 0 unspecified atom stereocenters. The number of benzene rings is 1. The average molecular weight is 270 g/mol. The monoisotopic (exact) mass is 270 g/mol. The molecule has 1 aromatic rings. The molecule has 1 N–H and O–H groups in total. The number of hydrogen-bond acceptors (Lipinski definition) is 5. The Kier molecular flexibility index (Phi) is 4.54. The number of nitrogens with one attached hydrogen (secondary N) is 1. The SMILES string of the molecule is N#CCC(=O)Nc1ccc(N2CCOCC2)c(C#N)c1. The molecule has 20 heavy (non-hydrogen) atoms. The molecule has 2 rings (SSSR count). The van der Waals surface area contributed by atoms with Gasteiger partial charge in [-0.15, -0.1) is 0 Å². The van der Waals surface area contributed by atoms with Crippen LogP contribution in [-0.2, 0) is 9.53 Å². The maximum atomic E-state index is 11.4. The largest absolute Gasteiger partial charge is 0.378 e. The van der Waals surface area contributed by atoms with Crippen LogP contribution in [0.2, 0.25) is 0 Å². The van der Waals surface area contributed by atoms with Gasteiger partial charge in [-0.1, -0.05) is 0 Å². The first-order valence-electron chi connectivity index (χ1n) is 6.28. The van der Waals surface area contributed by atoms with E-state index in [9.17, 15) is 10.1 Å². The summed E-state index contributed by atoms with van der Waals surface area (Å²) in [7, 11) is 0. The lowest BCUT2D eigenvalue weighted by Crippen LogP contribution is -2.36. The minimum absolute atomic E-state index is 0.201. The molecule has 0 atom stereocenters. The van der Waals surface area contributed by atoms with Crippen molar-refractivity contribution in [3.05, 3.63) is 23.8 Å². The standard InChI is InChI=1S/C14H14N4O2/c15-4-3-14(19)17-12-1-2-13(11(9-12)10-16)18-5-7-20-8-6-18/h1-2,9H,3,5-8H2,(H,17,19). The lowest BCUT2D eigenvalue weighted by molar-refractivity contribution is -0.115. The first-order valence-corrected chi connectivity index (χ1v) is 6.28. The van der Waals surface area contributed by atoms with Crippen LogP contribution in [0, 0.1) is 22.7 Å². The molecule has 1 aliphatic rings. The summed E-state index contributed by atoms with van der Waals surface area (Å²) in [5.41, 5.74) is 1.87. The molecular formula is C14H14N4O2. The van der Waals surface area contributed by atoms with Crippen LogP contribution in [0.3, 0.4) is 0 Å². The Labute approximate surface area is 117 Å². The van der Waals surface area contributed by atoms with Gasteiger partial charge in [0.2, 0.25) is 5.91 Å². The van der Waals surface area contributed by atoms with E-state index in [0.29, 0.717) is 24.5 Å². The van der Waals surface area contributed by atoms with Crippen LogP contribution in [0.4, 0.5) is 11.4 Å². The number of nitrogens with zero attached hydrogens (tertiary/aromatic N) is 3. The van der Waals surface area contributed by atoms with Crippen molar-refractivity contribution in [2.24, 2.45) is 0 Å². The van der Waals surface area contributed by atoms with E-state index in [-0.39, 0.29) is 12.3 Å². The van der Waals surface area contributed by atoms with Crippen molar-refractivity contribution in [2.45, 2.75) is 6.42 Å². The van der Waals surface area contributed by atoms with Gasteiger partial charge in [-0.3, -0.25) is 4.79 Å². The van der Waals surface area contributed by atoms with Gasteiger partial charge < -0.3 is 15.0 Å². The molecule has 1 aliphatic heterocycles. The Hall–Kier alpha value is -2.57. The van der Waals surface area contributed by atoms with E-state index < -0.39 is 0 Å². The number of ether oxygens (including phenoxy) is 1. The topological polar surface area (TPSA) is 89.2 Å². The molecule has 1 heterocycles. The van der Waals surface area contributed by atoms with Gasteiger partial charge in [0.15, 0.2) is 0 Å². The Bertz CT molecular complexity index is 580. The van der Waals surface area contributed by atoms with E-state index in [1.165, 1.54) is 0 Å². The number of carbonyl (C=O) groups excluding carboxylic acids is 1. The highest BCUT2D eigenvalue weighted by atomic mass is 16.5. The Morgan fingerprint density at radius 2 is 2.10 bits per heavy atom. The van der Waals surface area contributed by atoms with E-state index in [2.05, 4.69) is 16.3 Å². The number of morpholine rings is 1. The van der Waals surface area contributed by atoms with Crippen LogP contribution < -0.4 is 10.2 Å². The van der Waals surface area contributed by atoms with E-state index in [1.54, 1.807) is 18.2 Å². The van der Waals surface area contributed by atoms with Gasteiger partial charge >= 0.3 is 0 Å². The summed E-state index contributed by atoms with van der Waals surface area (Å²) in [6.45, 7) is 2.78. The third-order valence-electron chi connectivity index (χ3n) is 2.99. The van der Waals surface area contributed by atoms with E-state index in [1.807, 2.05) is 6.07 Å². The Morgan fingerprint density at radius 1 is 1.35 bits per heavy atom. The zero-order chi connectivity index (χ0) is 14.4. The smallest absolute Gasteiger partial charge is 0.238 e. The molecule has 0 bridgehead atoms.